The lowest BCUT2D eigenvalue weighted by Crippen LogP contribution is -2.40. The second-order valence-electron chi connectivity index (χ2n) is 6.45. The number of rotatable bonds is 5. The van der Waals surface area contributed by atoms with Gasteiger partial charge in [0, 0.05) is 37.2 Å². The van der Waals surface area contributed by atoms with Crippen LogP contribution in [0.25, 0.3) is 16.3 Å². The summed E-state index contributed by atoms with van der Waals surface area (Å²) in [4.78, 5) is 30.1. The zero-order chi connectivity index (χ0) is 19.7. The van der Waals surface area contributed by atoms with Gasteiger partial charge in [0.25, 0.3) is 5.91 Å². The van der Waals surface area contributed by atoms with Crippen LogP contribution >= 0.6 is 11.3 Å². The van der Waals surface area contributed by atoms with Gasteiger partial charge in [-0.2, -0.15) is 5.10 Å². The fraction of sp³-hybridized carbons (Fsp3) is 0.263. The molecule has 2 unspecified atom stereocenters. The first-order valence-corrected chi connectivity index (χ1v) is 9.57. The Labute approximate surface area is 165 Å². The first-order valence-electron chi connectivity index (χ1n) is 8.69. The molecule has 8 nitrogen and oxygen atoms in total. The SMILES string of the molecule is COC1CC(C(=O)O)N(C(=O)c2csc(-c3cnn(-c4ccccc4)c3)n2)C1. The van der Waals surface area contributed by atoms with Gasteiger partial charge in [0.15, 0.2) is 0 Å². The molecule has 3 heterocycles. The summed E-state index contributed by atoms with van der Waals surface area (Å²) in [5.74, 6) is -1.43. The Hall–Kier alpha value is -3.04. The predicted molar refractivity (Wildman–Crippen MR) is 103 cm³/mol. The molecular weight excluding hydrogens is 380 g/mol. The maximum absolute atomic E-state index is 12.8. The van der Waals surface area contributed by atoms with Crippen LogP contribution < -0.4 is 0 Å². The van der Waals surface area contributed by atoms with Gasteiger partial charge in [-0.3, -0.25) is 4.79 Å². The Balaban J connectivity index is 1.55. The van der Waals surface area contributed by atoms with E-state index in [-0.39, 0.29) is 24.8 Å². The van der Waals surface area contributed by atoms with Crippen molar-refractivity contribution in [3.63, 3.8) is 0 Å². The minimum Gasteiger partial charge on any atom is -0.480 e. The standard InChI is InChI=1S/C19H18N4O4S/c1-27-14-7-16(19(25)26)22(10-14)18(24)15-11-28-17(21-15)12-8-20-23(9-12)13-5-3-2-4-6-13/h2-6,8-9,11,14,16H,7,10H2,1H3,(H,25,26). The van der Waals surface area contributed by atoms with Gasteiger partial charge in [0.2, 0.25) is 0 Å². The third-order valence-electron chi connectivity index (χ3n) is 4.72. The molecule has 2 atom stereocenters. The predicted octanol–water partition coefficient (Wildman–Crippen LogP) is 2.31. The molecule has 4 rings (SSSR count). The molecule has 1 amide bonds. The first-order chi connectivity index (χ1) is 13.6. The molecule has 0 radical (unpaired) electrons. The summed E-state index contributed by atoms with van der Waals surface area (Å²) in [6.07, 6.45) is 3.53. The number of thiazole rings is 1. The van der Waals surface area contributed by atoms with E-state index in [2.05, 4.69) is 10.1 Å². The molecule has 1 fully saturated rings. The number of carbonyl (C=O) groups is 2. The summed E-state index contributed by atoms with van der Waals surface area (Å²) < 4.78 is 6.98. The molecule has 2 aromatic heterocycles. The molecule has 1 aliphatic heterocycles. The summed E-state index contributed by atoms with van der Waals surface area (Å²) in [7, 11) is 1.52. The molecule has 1 aromatic carbocycles. The lowest BCUT2D eigenvalue weighted by atomic mass is 10.2. The van der Waals surface area contributed by atoms with Gasteiger partial charge in [-0.05, 0) is 12.1 Å². The number of aliphatic carboxylic acids is 1. The van der Waals surface area contributed by atoms with E-state index >= 15 is 0 Å². The summed E-state index contributed by atoms with van der Waals surface area (Å²) in [6.45, 7) is 0.241. The smallest absolute Gasteiger partial charge is 0.326 e. The lowest BCUT2D eigenvalue weighted by molar-refractivity contribution is -0.141. The number of amides is 1. The van der Waals surface area contributed by atoms with Crippen LogP contribution in [0.2, 0.25) is 0 Å². The number of ether oxygens (including phenoxy) is 1. The van der Waals surface area contributed by atoms with Crippen LogP contribution in [0.15, 0.2) is 48.1 Å². The molecule has 0 bridgehead atoms. The van der Waals surface area contributed by atoms with Gasteiger partial charge in [-0.1, -0.05) is 18.2 Å². The highest BCUT2D eigenvalue weighted by atomic mass is 32.1. The molecule has 9 heteroatoms. The highest BCUT2D eigenvalue weighted by Gasteiger charge is 2.40. The van der Waals surface area contributed by atoms with E-state index in [1.165, 1.54) is 23.3 Å². The molecule has 1 aliphatic rings. The number of methoxy groups -OCH3 is 1. The van der Waals surface area contributed by atoms with Gasteiger partial charge in [0.1, 0.15) is 16.7 Å². The van der Waals surface area contributed by atoms with E-state index in [1.54, 1.807) is 16.3 Å². The molecule has 144 valence electrons. The van der Waals surface area contributed by atoms with E-state index in [9.17, 15) is 14.7 Å². The van der Waals surface area contributed by atoms with Crippen LogP contribution in [0.1, 0.15) is 16.9 Å². The van der Waals surface area contributed by atoms with E-state index in [1.807, 2.05) is 36.5 Å². The number of aromatic nitrogens is 3. The summed E-state index contributed by atoms with van der Waals surface area (Å²) >= 11 is 1.32. The van der Waals surface area contributed by atoms with Crippen LogP contribution in [-0.4, -0.2) is 62.4 Å². The molecular formula is C19H18N4O4S. The number of nitrogens with zero attached hydrogens (tertiary/aromatic N) is 4. The van der Waals surface area contributed by atoms with Crippen molar-refractivity contribution in [3.05, 3.63) is 53.8 Å². The van der Waals surface area contributed by atoms with Crippen molar-refractivity contribution >= 4 is 23.2 Å². The van der Waals surface area contributed by atoms with Crippen LogP contribution in [-0.2, 0) is 9.53 Å². The van der Waals surface area contributed by atoms with Crippen molar-refractivity contribution < 1.29 is 19.4 Å². The van der Waals surface area contributed by atoms with E-state index in [0.29, 0.717) is 5.01 Å². The van der Waals surface area contributed by atoms with Crippen molar-refractivity contribution in [1.82, 2.24) is 19.7 Å². The summed E-state index contributed by atoms with van der Waals surface area (Å²) in [5, 5.41) is 16.1. The van der Waals surface area contributed by atoms with Crippen LogP contribution in [0.4, 0.5) is 0 Å². The third-order valence-corrected chi connectivity index (χ3v) is 5.61. The normalized spacial score (nSPS) is 19.1. The Bertz CT molecular complexity index is 1000. The number of carboxylic acid groups (broad SMARTS) is 1. The Morgan fingerprint density at radius 3 is 2.79 bits per heavy atom. The summed E-state index contributed by atoms with van der Waals surface area (Å²) in [6, 6.07) is 8.78. The van der Waals surface area contributed by atoms with Crippen LogP contribution in [0.5, 0.6) is 0 Å². The van der Waals surface area contributed by atoms with Gasteiger partial charge in [-0.15, -0.1) is 11.3 Å². The highest BCUT2D eigenvalue weighted by Crippen LogP contribution is 2.27. The van der Waals surface area contributed by atoms with Gasteiger partial charge in [0.05, 0.1) is 18.0 Å². The van der Waals surface area contributed by atoms with Crippen molar-refractivity contribution in [3.8, 4) is 16.3 Å². The quantitative estimate of drug-likeness (QED) is 0.708. The van der Waals surface area contributed by atoms with E-state index in [4.69, 9.17) is 4.74 Å². The fourth-order valence-electron chi connectivity index (χ4n) is 3.23. The first kappa shape index (κ1) is 18.3. The zero-order valence-corrected chi connectivity index (χ0v) is 15.9. The van der Waals surface area contributed by atoms with Crippen molar-refractivity contribution in [2.24, 2.45) is 0 Å². The number of benzene rings is 1. The Morgan fingerprint density at radius 1 is 1.29 bits per heavy atom. The lowest BCUT2D eigenvalue weighted by Gasteiger charge is -2.19. The topological polar surface area (TPSA) is 97.5 Å². The third kappa shape index (κ3) is 3.41. The number of carboxylic acids is 1. The van der Waals surface area contributed by atoms with Crippen molar-refractivity contribution in [1.29, 1.82) is 0 Å². The van der Waals surface area contributed by atoms with Crippen LogP contribution in [0.3, 0.4) is 0 Å². The van der Waals surface area contributed by atoms with Crippen molar-refractivity contribution in [2.75, 3.05) is 13.7 Å². The fourth-order valence-corrected chi connectivity index (χ4v) is 4.00. The van der Waals surface area contributed by atoms with Crippen molar-refractivity contribution in [2.45, 2.75) is 18.6 Å². The minimum absolute atomic E-state index is 0.232. The minimum atomic E-state index is -1.03. The Kier molecular flexibility index (Phi) is 4.93. The van der Waals surface area contributed by atoms with E-state index < -0.39 is 17.9 Å². The second-order valence-corrected chi connectivity index (χ2v) is 7.31. The van der Waals surface area contributed by atoms with Crippen LogP contribution in [0, 0.1) is 0 Å². The molecule has 28 heavy (non-hydrogen) atoms. The van der Waals surface area contributed by atoms with Gasteiger partial charge < -0.3 is 14.7 Å². The molecule has 1 N–H and O–H groups in total. The number of carbonyl (C=O) groups excluding carboxylic acids is 1. The highest BCUT2D eigenvalue weighted by molar-refractivity contribution is 7.13. The molecule has 3 aromatic rings. The number of hydrogen-bond acceptors (Lipinski definition) is 6. The molecule has 0 saturated carbocycles. The second kappa shape index (κ2) is 7.53. The number of likely N-dealkylation sites (tertiary alicyclic amines) is 1. The Morgan fingerprint density at radius 2 is 2.07 bits per heavy atom. The largest absolute Gasteiger partial charge is 0.480 e. The molecule has 0 spiro atoms. The van der Waals surface area contributed by atoms with E-state index in [0.717, 1.165) is 11.3 Å². The average molecular weight is 398 g/mol. The maximum atomic E-state index is 12.8. The number of hydrogen-bond donors (Lipinski definition) is 1. The monoisotopic (exact) mass is 398 g/mol. The average Bonchev–Trinajstić information content (AvgIpc) is 3.46. The zero-order valence-electron chi connectivity index (χ0n) is 15.1. The molecule has 0 aliphatic carbocycles. The number of para-hydroxylation sites is 1. The van der Waals surface area contributed by atoms with Gasteiger partial charge >= 0.3 is 5.97 Å². The summed E-state index contributed by atoms with van der Waals surface area (Å²) in [5.41, 5.74) is 1.95. The molecule has 1 saturated heterocycles. The van der Waals surface area contributed by atoms with Gasteiger partial charge in [-0.25, -0.2) is 14.5 Å². The maximum Gasteiger partial charge on any atom is 0.326 e.